The average molecular weight is 323 g/mol. The minimum atomic E-state index is 0.0762. The number of benzene rings is 1. The first-order valence-corrected chi connectivity index (χ1v) is 7.03. The van der Waals surface area contributed by atoms with Gasteiger partial charge in [0.05, 0.1) is 11.7 Å². The molecule has 0 radical (unpaired) electrons. The first-order chi connectivity index (χ1) is 9.02. The molecule has 102 valence electrons. The van der Waals surface area contributed by atoms with Gasteiger partial charge in [-0.25, -0.2) is 0 Å². The van der Waals surface area contributed by atoms with Crippen LogP contribution in [-0.4, -0.2) is 9.78 Å². The first kappa shape index (κ1) is 14.2. The van der Waals surface area contributed by atoms with Gasteiger partial charge in [0, 0.05) is 23.6 Å². The largest absolute Gasteiger partial charge is 0.272 e. The lowest BCUT2D eigenvalue weighted by Crippen LogP contribution is -2.30. The zero-order valence-corrected chi connectivity index (χ0v) is 13.0. The highest BCUT2D eigenvalue weighted by atomic mass is 79.9. The average Bonchev–Trinajstić information content (AvgIpc) is 2.68. The summed E-state index contributed by atoms with van der Waals surface area (Å²) < 4.78 is 3.01. The molecular weight excluding hydrogens is 304 g/mol. The molecule has 3 N–H and O–H groups in total. The molecule has 1 heterocycles. The molecule has 0 saturated carbocycles. The Kier molecular flexibility index (Phi) is 4.39. The van der Waals surface area contributed by atoms with E-state index in [2.05, 4.69) is 45.5 Å². The standard InChI is InChI=1S/C14H19BrN4/c1-9-7-11(19(3)18-9)8-14(17-16)12-5-4-6-13(15)10(12)2/h4-7,14,17H,8,16H2,1-3H3. The molecule has 0 aliphatic rings. The summed E-state index contributed by atoms with van der Waals surface area (Å²) in [6.45, 7) is 4.09. The van der Waals surface area contributed by atoms with E-state index in [0.29, 0.717) is 0 Å². The number of hydrogen-bond acceptors (Lipinski definition) is 3. The Morgan fingerprint density at radius 3 is 2.74 bits per heavy atom. The number of hydrazine groups is 1. The van der Waals surface area contributed by atoms with E-state index < -0.39 is 0 Å². The van der Waals surface area contributed by atoms with Crippen LogP contribution in [0.5, 0.6) is 0 Å². The lowest BCUT2D eigenvalue weighted by molar-refractivity contribution is 0.527. The molecule has 0 bridgehead atoms. The van der Waals surface area contributed by atoms with E-state index in [1.165, 1.54) is 16.8 Å². The molecule has 0 aliphatic heterocycles. The molecule has 2 aromatic rings. The number of aromatic nitrogens is 2. The summed E-state index contributed by atoms with van der Waals surface area (Å²) in [7, 11) is 1.96. The normalized spacial score (nSPS) is 12.7. The van der Waals surface area contributed by atoms with Crippen LogP contribution < -0.4 is 11.3 Å². The van der Waals surface area contributed by atoms with Crippen LogP contribution in [0, 0.1) is 13.8 Å². The number of nitrogens with zero attached hydrogens (tertiary/aromatic N) is 2. The van der Waals surface area contributed by atoms with Crippen molar-refractivity contribution in [2.45, 2.75) is 26.3 Å². The SMILES string of the molecule is Cc1cc(CC(NN)c2cccc(Br)c2C)n(C)n1. The Labute approximate surface area is 122 Å². The zero-order chi connectivity index (χ0) is 14.0. The predicted octanol–water partition coefficient (Wildman–Crippen LogP) is 2.55. The molecule has 1 aromatic heterocycles. The number of nitrogens with one attached hydrogen (secondary N) is 1. The highest BCUT2D eigenvalue weighted by Gasteiger charge is 2.16. The van der Waals surface area contributed by atoms with Crippen molar-refractivity contribution >= 4 is 15.9 Å². The van der Waals surface area contributed by atoms with Crippen LogP contribution in [0.25, 0.3) is 0 Å². The molecule has 4 nitrogen and oxygen atoms in total. The Morgan fingerprint density at radius 1 is 1.42 bits per heavy atom. The number of hydrogen-bond donors (Lipinski definition) is 2. The van der Waals surface area contributed by atoms with Gasteiger partial charge in [-0.05, 0) is 37.1 Å². The first-order valence-electron chi connectivity index (χ1n) is 6.23. The Bertz CT molecular complexity index is 577. The summed E-state index contributed by atoms with van der Waals surface area (Å²) in [5.74, 6) is 5.73. The molecule has 0 saturated heterocycles. The van der Waals surface area contributed by atoms with Gasteiger partial charge in [-0.1, -0.05) is 28.1 Å². The molecule has 0 aliphatic carbocycles. The van der Waals surface area contributed by atoms with Crippen molar-refractivity contribution in [1.29, 1.82) is 0 Å². The number of nitrogens with two attached hydrogens (primary N) is 1. The van der Waals surface area contributed by atoms with E-state index in [1.54, 1.807) is 0 Å². The van der Waals surface area contributed by atoms with Gasteiger partial charge in [0.2, 0.25) is 0 Å². The zero-order valence-electron chi connectivity index (χ0n) is 11.4. The quantitative estimate of drug-likeness (QED) is 0.672. The van der Waals surface area contributed by atoms with Gasteiger partial charge in [0.15, 0.2) is 0 Å². The van der Waals surface area contributed by atoms with E-state index in [-0.39, 0.29) is 6.04 Å². The van der Waals surface area contributed by atoms with E-state index >= 15 is 0 Å². The molecule has 19 heavy (non-hydrogen) atoms. The molecule has 1 unspecified atom stereocenters. The second-order valence-corrected chi connectivity index (χ2v) is 5.63. The molecule has 5 heteroatoms. The maximum atomic E-state index is 5.73. The summed E-state index contributed by atoms with van der Waals surface area (Å²) in [6, 6.07) is 8.35. The smallest absolute Gasteiger partial charge is 0.0596 e. The minimum absolute atomic E-state index is 0.0762. The van der Waals surface area contributed by atoms with E-state index in [4.69, 9.17) is 5.84 Å². The van der Waals surface area contributed by atoms with Crippen LogP contribution in [-0.2, 0) is 13.5 Å². The molecule has 0 spiro atoms. The number of aryl methyl sites for hydroxylation is 2. The van der Waals surface area contributed by atoms with E-state index in [0.717, 1.165) is 16.6 Å². The van der Waals surface area contributed by atoms with Crippen molar-refractivity contribution in [3.05, 3.63) is 51.3 Å². The van der Waals surface area contributed by atoms with Crippen molar-refractivity contribution in [1.82, 2.24) is 15.2 Å². The topological polar surface area (TPSA) is 55.9 Å². The molecule has 1 aromatic carbocycles. The van der Waals surface area contributed by atoms with Crippen molar-refractivity contribution in [2.75, 3.05) is 0 Å². The van der Waals surface area contributed by atoms with Crippen molar-refractivity contribution in [3.8, 4) is 0 Å². The summed E-state index contributed by atoms with van der Waals surface area (Å²) >= 11 is 3.56. The van der Waals surface area contributed by atoms with Gasteiger partial charge in [0.25, 0.3) is 0 Å². The Balaban J connectivity index is 2.30. The van der Waals surface area contributed by atoms with Gasteiger partial charge in [-0.15, -0.1) is 0 Å². The van der Waals surface area contributed by atoms with Gasteiger partial charge < -0.3 is 0 Å². The van der Waals surface area contributed by atoms with Crippen LogP contribution in [0.4, 0.5) is 0 Å². The highest BCUT2D eigenvalue weighted by molar-refractivity contribution is 9.10. The second kappa shape index (κ2) is 5.86. The van der Waals surface area contributed by atoms with E-state index in [1.807, 2.05) is 30.8 Å². The minimum Gasteiger partial charge on any atom is -0.272 e. The summed E-state index contributed by atoms with van der Waals surface area (Å²) in [5, 5.41) is 4.37. The van der Waals surface area contributed by atoms with E-state index in [9.17, 15) is 0 Å². The van der Waals surface area contributed by atoms with Crippen LogP contribution >= 0.6 is 15.9 Å². The fourth-order valence-corrected chi connectivity index (χ4v) is 2.71. The third-order valence-corrected chi connectivity index (χ3v) is 4.26. The van der Waals surface area contributed by atoms with Crippen LogP contribution in [0.1, 0.15) is 28.6 Å². The van der Waals surface area contributed by atoms with Crippen molar-refractivity contribution in [2.24, 2.45) is 12.9 Å². The van der Waals surface area contributed by atoms with Gasteiger partial charge >= 0.3 is 0 Å². The summed E-state index contributed by atoms with van der Waals surface area (Å²) in [6.07, 6.45) is 0.811. The Morgan fingerprint density at radius 2 is 2.16 bits per heavy atom. The van der Waals surface area contributed by atoms with Crippen LogP contribution in [0.3, 0.4) is 0 Å². The molecule has 0 fully saturated rings. The summed E-state index contributed by atoms with van der Waals surface area (Å²) in [5.41, 5.74) is 7.52. The van der Waals surface area contributed by atoms with Gasteiger partial charge in [-0.3, -0.25) is 16.0 Å². The molecule has 0 amide bonds. The van der Waals surface area contributed by atoms with Gasteiger partial charge in [0.1, 0.15) is 0 Å². The highest BCUT2D eigenvalue weighted by Crippen LogP contribution is 2.26. The van der Waals surface area contributed by atoms with Gasteiger partial charge in [-0.2, -0.15) is 5.10 Å². The molecular formula is C14H19BrN4. The molecule has 1 atom stereocenters. The fourth-order valence-electron chi connectivity index (χ4n) is 2.32. The number of halogens is 1. The third kappa shape index (κ3) is 3.05. The van der Waals surface area contributed by atoms with Crippen molar-refractivity contribution < 1.29 is 0 Å². The monoisotopic (exact) mass is 322 g/mol. The maximum absolute atomic E-state index is 5.73. The lowest BCUT2D eigenvalue weighted by atomic mass is 9.98. The summed E-state index contributed by atoms with van der Waals surface area (Å²) in [4.78, 5) is 0. The maximum Gasteiger partial charge on any atom is 0.0596 e. The Hall–Kier alpha value is -1.17. The molecule has 2 rings (SSSR count). The van der Waals surface area contributed by atoms with Crippen LogP contribution in [0.15, 0.2) is 28.7 Å². The van der Waals surface area contributed by atoms with Crippen molar-refractivity contribution in [3.63, 3.8) is 0 Å². The van der Waals surface area contributed by atoms with Crippen LogP contribution in [0.2, 0.25) is 0 Å². The third-order valence-electron chi connectivity index (χ3n) is 3.40. The fraction of sp³-hybridized carbons (Fsp3) is 0.357. The lowest BCUT2D eigenvalue weighted by Gasteiger charge is -2.19. The number of rotatable bonds is 4. The predicted molar refractivity (Wildman–Crippen MR) is 80.6 cm³/mol. The second-order valence-electron chi connectivity index (χ2n) is 4.78.